The number of halogens is 2. The minimum Gasteiger partial charge on any atom is -0.396 e. The van der Waals surface area contributed by atoms with Crippen molar-refractivity contribution in [2.45, 2.75) is 44.4 Å². The van der Waals surface area contributed by atoms with Gasteiger partial charge < -0.3 is 14.9 Å². The quantitative estimate of drug-likeness (QED) is 0.496. The van der Waals surface area contributed by atoms with Crippen LogP contribution in [0.2, 0.25) is 5.15 Å². The fraction of sp³-hybridized carbons (Fsp3) is 0.529. The number of carbonyl (C=O) groups is 1. The second-order valence-electron chi connectivity index (χ2n) is 6.70. The maximum atomic E-state index is 15.4. The van der Waals surface area contributed by atoms with Gasteiger partial charge in [-0.25, -0.2) is 9.37 Å². The van der Waals surface area contributed by atoms with Crippen LogP contribution in [0.3, 0.4) is 0 Å². The molecule has 2 aromatic heterocycles. The highest BCUT2D eigenvalue weighted by Crippen LogP contribution is 2.43. The molecule has 3 heterocycles. The van der Waals surface area contributed by atoms with Crippen molar-refractivity contribution >= 4 is 34.6 Å². The first-order valence-electron chi connectivity index (χ1n) is 8.55. The number of amides is 1. The topological polar surface area (TPSA) is 122 Å². The van der Waals surface area contributed by atoms with Crippen molar-refractivity contribution in [1.29, 1.82) is 0 Å². The van der Waals surface area contributed by atoms with Crippen LogP contribution in [0, 0.1) is 18.3 Å². The number of aliphatic hydroxyl groups excluding tert-OH is 2. The standard InChI is InChI=1S/C17H19ClFN5O4/c1-4-17(19)11(26)9(5-6-25)28-15(17)24-7-20-10-12(18)21-16(22-13(10)24)23-14(27)8(2)3/h1,7-9,11,15,25-26H,5-6H2,2-3H3,(H,21,22,23,27)/t9-,11-,15-,17-/m1/s1. The molecule has 3 rings (SSSR count). The Hall–Kier alpha value is -2.32. The van der Waals surface area contributed by atoms with Crippen LogP contribution in [-0.2, 0) is 9.53 Å². The molecule has 1 saturated heterocycles. The van der Waals surface area contributed by atoms with Crippen LogP contribution in [-0.4, -0.2) is 60.1 Å². The summed E-state index contributed by atoms with van der Waals surface area (Å²) in [5, 5.41) is 21.8. The van der Waals surface area contributed by atoms with Gasteiger partial charge in [0.1, 0.15) is 11.6 Å². The summed E-state index contributed by atoms with van der Waals surface area (Å²) in [7, 11) is 0. The minimum absolute atomic E-state index is 0.0108. The van der Waals surface area contributed by atoms with Gasteiger partial charge in [0.15, 0.2) is 17.0 Å². The van der Waals surface area contributed by atoms with Crippen molar-refractivity contribution < 1.29 is 24.1 Å². The van der Waals surface area contributed by atoms with Crippen LogP contribution in [0.15, 0.2) is 6.33 Å². The van der Waals surface area contributed by atoms with Crippen molar-refractivity contribution in [3.8, 4) is 12.3 Å². The molecule has 28 heavy (non-hydrogen) atoms. The molecule has 0 unspecified atom stereocenters. The second kappa shape index (κ2) is 7.60. The Bertz CT molecular complexity index is 946. The van der Waals surface area contributed by atoms with Gasteiger partial charge in [-0.3, -0.25) is 14.7 Å². The van der Waals surface area contributed by atoms with E-state index >= 15 is 4.39 Å². The summed E-state index contributed by atoms with van der Waals surface area (Å²) in [6, 6.07) is 0. The summed E-state index contributed by atoms with van der Waals surface area (Å²) in [6.45, 7) is 3.07. The van der Waals surface area contributed by atoms with E-state index in [0.717, 1.165) is 0 Å². The van der Waals surface area contributed by atoms with Gasteiger partial charge in [-0.05, 0) is 6.42 Å². The number of ether oxygens (including phenoxy) is 1. The molecule has 0 aromatic carbocycles. The molecule has 3 N–H and O–H groups in total. The van der Waals surface area contributed by atoms with E-state index in [4.69, 9.17) is 27.9 Å². The summed E-state index contributed by atoms with van der Waals surface area (Å²) >= 11 is 6.12. The van der Waals surface area contributed by atoms with Crippen LogP contribution < -0.4 is 5.32 Å². The van der Waals surface area contributed by atoms with Crippen LogP contribution >= 0.6 is 11.6 Å². The van der Waals surface area contributed by atoms with E-state index < -0.39 is 24.1 Å². The fourth-order valence-electron chi connectivity index (χ4n) is 2.90. The van der Waals surface area contributed by atoms with Crippen molar-refractivity contribution in [1.82, 2.24) is 19.5 Å². The average Bonchev–Trinajstić information content (AvgIpc) is 3.17. The van der Waals surface area contributed by atoms with Crippen LogP contribution in [0.1, 0.15) is 26.5 Å². The first-order chi connectivity index (χ1) is 13.2. The third-order valence-corrected chi connectivity index (χ3v) is 4.73. The number of fused-ring (bicyclic) bond motifs is 1. The number of nitrogens with one attached hydrogen (secondary N) is 1. The number of imidazole rings is 1. The predicted molar refractivity (Wildman–Crippen MR) is 98.1 cm³/mol. The number of hydrogen-bond acceptors (Lipinski definition) is 7. The molecule has 1 aliphatic rings. The summed E-state index contributed by atoms with van der Waals surface area (Å²) < 4.78 is 22.2. The third-order valence-electron chi connectivity index (χ3n) is 4.47. The number of aromatic nitrogens is 4. The number of carbonyl (C=O) groups excluding carboxylic acids is 1. The zero-order valence-corrected chi connectivity index (χ0v) is 15.9. The van der Waals surface area contributed by atoms with E-state index in [2.05, 4.69) is 20.3 Å². The Morgan fingerprint density at radius 1 is 1.57 bits per heavy atom. The molecule has 4 atom stereocenters. The lowest BCUT2D eigenvalue weighted by Crippen LogP contribution is -2.41. The van der Waals surface area contributed by atoms with Crippen molar-refractivity contribution in [2.75, 3.05) is 11.9 Å². The Balaban J connectivity index is 2.07. The molecule has 1 fully saturated rings. The van der Waals surface area contributed by atoms with Crippen molar-refractivity contribution in [3.05, 3.63) is 11.5 Å². The molecule has 0 radical (unpaired) electrons. The lowest BCUT2D eigenvalue weighted by molar-refractivity contribution is -0.118. The molecular weight excluding hydrogens is 393 g/mol. The van der Waals surface area contributed by atoms with Crippen LogP contribution in [0.4, 0.5) is 10.3 Å². The smallest absolute Gasteiger partial charge is 0.243 e. The zero-order valence-electron chi connectivity index (χ0n) is 15.1. The van der Waals surface area contributed by atoms with Gasteiger partial charge in [0.2, 0.25) is 17.5 Å². The number of terminal acetylenes is 1. The number of anilines is 1. The molecule has 1 aliphatic heterocycles. The molecule has 9 nitrogen and oxygen atoms in total. The molecular formula is C17H19ClFN5O4. The van der Waals surface area contributed by atoms with E-state index in [1.54, 1.807) is 13.8 Å². The summed E-state index contributed by atoms with van der Waals surface area (Å²) in [5.74, 6) is 1.19. The van der Waals surface area contributed by atoms with E-state index in [1.165, 1.54) is 10.9 Å². The first kappa shape index (κ1) is 20.4. The summed E-state index contributed by atoms with van der Waals surface area (Å²) in [4.78, 5) is 24.1. The molecule has 0 bridgehead atoms. The highest BCUT2D eigenvalue weighted by atomic mass is 35.5. The molecule has 11 heteroatoms. The van der Waals surface area contributed by atoms with E-state index in [-0.39, 0.29) is 47.1 Å². The lowest BCUT2D eigenvalue weighted by Gasteiger charge is -2.23. The normalized spacial score (nSPS) is 27.3. The molecule has 150 valence electrons. The molecule has 0 spiro atoms. The number of alkyl halides is 1. The van der Waals surface area contributed by atoms with Crippen molar-refractivity contribution in [3.63, 3.8) is 0 Å². The zero-order chi connectivity index (χ0) is 20.6. The number of rotatable bonds is 5. The lowest BCUT2D eigenvalue weighted by atomic mass is 9.95. The Morgan fingerprint density at radius 3 is 2.89 bits per heavy atom. The minimum atomic E-state index is -2.59. The maximum Gasteiger partial charge on any atom is 0.243 e. The number of aliphatic hydroxyl groups is 2. The number of nitrogens with zero attached hydrogens (tertiary/aromatic N) is 4. The Labute approximate surface area is 164 Å². The summed E-state index contributed by atoms with van der Waals surface area (Å²) in [5.41, 5.74) is -2.38. The van der Waals surface area contributed by atoms with Crippen LogP contribution in [0.25, 0.3) is 11.2 Å². The van der Waals surface area contributed by atoms with E-state index in [1.807, 2.05) is 5.92 Å². The SMILES string of the molecule is C#C[C@@]1(F)[C@H](O)[C@@H](CCO)O[C@H]1n1cnc2c(Cl)nc(NC(=O)C(C)C)nc21. The first-order valence-corrected chi connectivity index (χ1v) is 8.92. The van der Waals surface area contributed by atoms with Crippen LogP contribution in [0.5, 0.6) is 0 Å². The Morgan fingerprint density at radius 2 is 2.29 bits per heavy atom. The van der Waals surface area contributed by atoms with E-state index in [9.17, 15) is 9.90 Å². The molecule has 0 aliphatic carbocycles. The predicted octanol–water partition coefficient (Wildman–Crippen LogP) is 1.06. The second-order valence-corrected chi connectivity index (χ2v) is 7.06. The fourth-order valence-corrected chi connectivity index (χ4v) is 3.11. The third kappa shape index (κ3) is 3.31. The van der Waals surface area contributed by atoms with Gasteiger partial charge >= 0.3 is 0 Å². The molecule has 1 amide bonds. The Kier molecular flexibility index (Phi) is 5.54. The van der Waals surface area contributed by atoms with Gasteiger partial charge in [0.25, 0.3) is 0 Å². The van der Waals surface area contributed by atoms with Gasteiger partial charge in [0, 0.05) is 12.5 Å². The van der Waals surface area contributed by atoms with Crippen molar-refractivity contribution in [2.24, 2.45) is 5.92 Å². The molecule has 0 saturated carbocycles. The van der Waals surface area contributed by atoms with Gasteiger partial charge in [-0.1, -0.05) is 31.4 Å². The largest absolute Gasteiger partial charge is 0.396 e. The number of hydrogen-bond donors (Lipinski definition) is 3. The monoisotopic (exact) mass is 411 g/mol. The highest BCUT2D eigenvalue weighted by Gasteiger charge is 2.57. The van der Waals surface area contributed by atoms with Gasteiger partial charge in [-0.15, -0.1) is 6.42 Å². The summed E-state index contributed by atoms with van der Waals surface area (Å²) in [6.07, 6.45) is 2.39. The highest BCUT2D eigenvalue weighted by molar-refractivity contribution is 6.33. The maximum absolute atomic E-state index is 15.4. The average molecular weight is 412 g/mol. The van der Waals surface area contributed by atoms with Gasteiger partial charge in [-0.2, -0.15) is 9.97 Å². The van der Waals surface area contributed by atoms with Gasteiger partial charge in [0.05, 0.1) is 12.4 Å². The molecule has 2 aromatic rings. The van der Waals surface area contributed by atoms with E-state index in [0.29, 0.717) is 0 Å².